The number of hydrogen-bond donors (Lipinski definition) is 2. The van der Waals surface area contributed by atoms with Crippen molar-refractivity contribution in [3.8, 4) is 0 Å². The third-order valence-electron chi connectivity index (χ3n) is 3.49. The zero-order valence-electron chi connectivity index (χ0n) is 15.1. The molecule has 5 nitrogen and oxygen atoms in total. The number of ether oxygens (including phenoxy) is 1. The van der Waals surface area contributed by atoms with Crippen LogP contribution in [0.5, 0.6) is 0 Å². The highest BCUT2D eigenvalue weighted by atomic mass is 16.5. The van der Waals surface area contributed by atoms with E-state index in [1.165, 1.54) is 0 Å². The van der Waals surface area contributed by atoms with Crippen LogP contribution in [0, 0.1) is 0 Å². The van der Waals surface area contributed by atoms with Crippen LogP contribution in [0.2, 0.25) is 0 Å². The Morgan fingerprint density at radius 3 is 1.57 bits per heavy atom. The molecule has 0 aliphatic carbocycles. The minimum atomic E-state index is 0.286. The number of rotatable bonds is 18. The first kappa shape index (κ1) is 22.2. The molecule has 0 aromatic carbocycles. The molecule has 0 atom stereocenters. The Labute approximate surface area is 141 Å². The van der Waals surface area contributed by atoms with Crippen molar-refractivity contribution in [1.29, 1.82) is 0 Å². The first-order valence-electron chi connectivity index (χ1n) is 9.23. The molecule has 23 heavy (non-hydrogen) atoms. The van der Waals surface area contributed by atoms with Crippen molar-refractivity contribution in [1.82, 2.24) is 10.6 Å². The lowest BCUT2D eigenvalue weighted by Crippen LogP contribution is -2.23. The summed E-state index contributed by atoms with van der Waals surface area (Å²) in [6, 6.07) is 0. The van der Waals surface area contributed by atoms with Crippen molar-refractivity contribution in [3.05, 3.63) is 0 Å². The van der Waals surface area contributed by atoms with E-state index in [0.717, 1.165) is 51.6 Å². The normalized spacial score (nSPS) is 10.9. The van der Waals surface area contributed by atoms with Crippen molar-refractivity contribution in [2.75, 3.05) is 39.4 Å². The fourth-order valence-corrected chi connectivity index (χ4v) is 2.14. The van der Waals surface area contributed by atoms with Crippen LogP contribution in [0.15, 0.2) is 0 Å². The molecule has 0 aliphatic heterocycles. The number of hydrogen-bond acceptors (Lipinski definition) is 5. The SMILES string of the molecule is CCCNCC(=O)CCCCOCCCCC(=O)CNCCC. The molecule has 0 heterocycles. The minimum Gasteiger partial charge on any atom is -0.381 e. The maximum Gasteiger partial charge on any atom is 0.146 e. The number of unbranched alkanes of at least 4 members (excludes halogenated alkanes) is 2. The van der Waals surface area contributed by atoms with Crippen molar-refractivity contribution in [3.63, 3.8) is 0 Å². The third kappa shape index (κ3) is 17.4. The van der Waals surface area contributed by atoms with Crippen molar-refractivity contribution >= 4 is 11.6 Å². The maximum atomic E-state index is 11.5. The highest BCUT2D eigenvalue weighted by molar-refractivity contribution is 5.80. The monoisotopic (exact) mass is 328 g/mol. The van der Waals surface area contributed by atoms with Gasteiger partial charge in [-0.15, -0.1) is 0 Å². The lowest BCUT2D eigenvalue weighted by molar-refractivity contribution is -0.119. The van der Waals surface area contributed by atoms with Crippen LogP contribution in [0.3, 0.4) is 0 Å². The van der Waals surface area contributed by atoms with Gasteiger partial charge in [0.1, 0.15) is 11.6 Å². The van der Waals surface area contributed by atoms with Gasteiger partial charge in [-0.25, -0.2) is 0 Å². The maximum absolute atomic E-state index is 11.5. The molecule has 0 saturated heterocycles. The predicted octanol–water partition coefficient (Wildman–Crippen LogP) is 2.48. The van der Waals surface area contributed by atoms with Gasteiger partial charge in [-0.2, -0.15) is 0 Å². The van der Waals surface area contributed by atoms with E-state index >= 15 is 0 Å². The summed E-state index contributed by atoms with van der Waals surface area (Å²) in [5, 5.41) is 6.24. The van der Waals surface area contributed by atoms with E-state index in [-0.39, 0.29) is 11.6 Å². The molecule has 0 aliphatic rings. The van der Waals surface area contributed by atoms with E-state index < -0.39 is 0 Å². The van der Waals surface area contributed by atoms with Crippen molar-refractivity contribution in [2.45, 2.75) is 65.2 Å². The molecule has 0 unspecified atom stereocenters. The lowest BCUT2D eigenvalue weighted by Gasteiger charge is -2.05. The summed E-state index contributed by atoms with van der Waals surface area (Å²) in [5.41, 5.74) is 0. The van der Waals surface area contributed by atoms with Crippen molar-refractivity contribution in [2.24, 2.45) is 0 Å². The molecule has 5 heteroatoms. The van der Waals surface area contributed by atoms with Gasteiger partial charge in [0.05, 0.1) is 13.1 Å². The minimum absolute atomic E-state index is 0.286. The number of carbonyl (C=O) groups excluding carboxylic acids is 2. The molecule has 0 saturated carbocycles. The molecule has 0 amide bonds. The Kier molecular flexibility index (Phi) is 17.0. The van der Waals surface area contributed by atoms with Crippen LogP contribution < -0.4 is 10.6 Å². The van der Waals surface area contributed by atoms with Gasteiger partial charge in [0, 0.05) is 26.1 Å². The summed E-state index contributed by atoms with van der Waals surface area (Å²) in [6.45, 7) is 8.41. The summed E-state index contributed by atoms with van der Waals surface area (Å²) >= 11 is 0. The van der Waals surface area contributed by atoms with Gasteiger partial charge in [0.25, 0.3) is 0 Å². The molecule has 0 aromatic rings. The van der Waals surface area contributed by atoms with Gasteiger partial charge < -0.3 is 15.4 Å². The van der Waals surface area contributed by atoms with Gasteiger partial charge in [-0.05, 0) is 51.6 Å². The summed E-state index contributed by atoms with van der Waals surface area (Å²) in [4.78, 5) is 23.0. The van der Waals surface area contributed by atoms with Crippen LogP contribution in [-0.2, 0) is 14.3 Å². The predicted molar refractivity (Wildman–Crippen MR) is 94.9 cm³/mol. The number of carbonyl (C=O) groups is 2. The number of nitrogens with one attached hydrogen (secondary N) is 2. The molecule has 136 valence electrons. The molecule has 0 fully saturated rings. The fourth-order valence-electron chi connectivity index (χ4n) is 2.14. The molecule has 2 N–H and O–H groups in total. The van der Waals surface area contributed by atoms with E-state index in [9.17, 15) is 9.59 Å². The fraction of sp³-hybridized carbons (Fsp3) is 0.889. The van der Waals surface area contributed by atoms with E-state index in [1.807, 2.05) is 0 Å². The Hall–Kier alpha value is -0.780. The molecule has 0 aromatic heterocycles. The van der Waals surface area contributed by atoms with E-state index in [0.29, 0.717) is 39.1 Å². The second-order valence-corrected chi connectivity index (χ2v) is 5.96. The van der Waals surface area contributed by atoms with Gasteiger partial charge in [0.15, 0.2) is 0 Å². The second kappa shape index (κ2) is 17.6. The molecule has 0 bridgehead atoms. The standard InChI is InChI=1S/C18H36N2O3/c1-3-11-19-15-17(21)9-5-7-13-23-14-8-6-10-18(22)16-20-12-4-2/h19-20H,3-16H2,1-2H3. The van der Waals surface area contributed by atoms with Crippen LogP contribution in [0.25, 0.3) is 0 Å². The average molecular weight is 328 g/mol. The largest absolute Gasteiger partial charge is 0.381 e. The van der Waals surface area contributed by atoms with Crippen LogP contribution in [-0.4, -0.2) is 51.0 Å². The van der Waals surface area contributed by atoms with Crippen LogP contribution in [0.1, 0.15) is 65.2 Å². The Morgan fingerprint density at radius 1 is 0.739 bits per heavy atom. The third-order valence-corrected chi connectivity index (χ3v) is 3.49. The molecule has 0 spiro atoms. The summed E-state index contributed by atoms with van der Waals surface area (Å²) in [5.74, 6) is 0.572. The number of ketones is 2. The van der Waals surface area contributed by atoms with E-state index in [2.05, 4.69) is 24.5 Å². The molecule has 0 rings (SSSR count). The lowest BCUT2D eigenvalue weighted by atomic mass is 10.1. The van der Waals surface area contributed by atoms with Crippen molar-refractivity contribution < 1.29 is 14.3 Å². The Morgan fingerprint density at radius 2 is 1.17 bits per heavy atom. The van der Waals surface area contributed by atoms with Crippen LogP contribution in [0.4, 0.5) is 0 Å². The Bertz CT molecular complexity index is 268. The van der Waals surface area contributed by atoms with E-state index in [1.54, 1.807) is 0 Å². The zero-order valence-corrected chi connectivity index (χ0v) is 15.1. The van der Waals surface area contributed by atoms with Gasteiger partial charge in [0.2, 0.25) is 0 Å². The summed E-state index contributed by atoms with van der Waals surface area (Å²) in [6.07, 6.45) is 7.05. The van der Waals surface area contributed by atoms with Crippen LogP contribution >= 0.6 is 0 Å². The zero-order chi connectivity index (χ0) is 17.2. The summed E-state index contributed by atoms with van der Waals surface area (Å²) in [7, 11) is 0. The topological polar surface area (TPSA) is 67.4 Å². The summed E-state index contributed by atoms with van der Waals surface area (Å²) < 4.78 is 5.54. The first-order valence-corrected chi connectivity index (χ1v) is 9.23. The molecular weight excluding hydrogens is 292 g/mol. The van der Waals surface area contributed by atoms with Gasteiger partial charge >= 0.3 is 0 Å². The number of Topliss-reactive ketones (excluding diaryl/α,β-unsaturated/α-hetero) is 2. The molecular formula is C18H36N2O3. The smallest absolute Gasteiger partial charge is 0.146 e. The Balaban J connectivity index is 3.21. The highest BCUT2D eigenvalue weighted by Gasteiger charge is 2.02. The molecule has 0 radical (unpaired) electrons. The second-order valence-electron chi connectivity index (χ2n) is 5.96. The average Bonchev–Trinajstić information content (AvgIpc) is 2.53. The quantitative estimate of drug-likeness (QED) is 0.378. The van der Waals surface area contributed by atoms with Gasteiger partial charge in [-0.3, -0.25) is 9.59 Å². The highest BCUT2D eigenvalue weighted by Crippen LogP contribution is 2.00. The van der Waals surface area contributed by atoms with Gasteiger partial charge in [-0.1, -0.05) is 13.8 Å². The van der Waals surface area contributed by atoms with E-state index in [4.69, 9.17) is 4.74 Å². The first-order chi connectivity index (χ1) is 11.2.